The summed E-state index contributed by atoms with van der Waals surface area (Å²) in [5, 5.41) is 0. The third kappa shape index (κ3) is 7.26. The minimum Gasteiger partial charge on any atom is -0.303 e. The van der Waals surface area contributed by atoms with E-state index in [4.69, 9.17) is 0 Å². The number of benzene rings is 1. The summed E-state index contributed by atoms with van der Waals surface area (Å²) in [5.41, 5.74) is 1.44. The molecular formula is C12H18O. The second kappa shape index (κ2) is 8.98. The second-order valence-corrected chi connectivity index (χ2v) is 2.81. The van der Waals surface area contributed by atoms with E-state index in [-0.39, 0.29) is 0 Å². The van der Waals surface area contributed by atoms with Crippen LogP contribution in [0.3, 0.4) is 0 Å². The molecule has 0 aromatic heterocycles. The van der Waals surface area contributed by atoms with Crippen LogP contribution in [-0.2, 0) is 11.2 Å². The van der Waals surface area contributed by atoms with Gasteiger partial charge in [0.25, 0.3) is 0 Å². The zero-order chi connectivity index (χ0) is 9.94. The van der Waals surface area contributed by atoms with Crippen LogP contribution in [0.15, 0.2) is 30.3 Å². The minimum absolute atomic E-state index is 0.639. The largest absolute Gasteiger partial charge is 0.303 e. The van der Waals surface area contributed by atoms with Crippen molar-refractivity contribution < 1.29 is 4.79 Å². The lowest BCUT2D eigenvalue weighted by molar-refractivity contribution is -0.107. The monoisotopic (exact) mass is 178 g/mol. The molecular weight excluding hydrogens is 160 g/mol. The topological polar surface area (TPSA) is 17.1 Å². The first-order valence-electron chi connectivity index (χ1n) is 4.82. The highest BCUT2D eigenvalue weighted by molar-refractivity contribution is 5.48. The van der Waals surface area contributed by atoms with Gasteiger partial charge in [0.15, 0.2) is 0 Å². The van der Waals surface area contributed by atoms with Crippen molar-refractivity contribution in [2.24, 2.45) is 0 Å². The molecule has 0 spiro atoms. The van der Waals surface area contributed by atoms with Crippen molar-refractivity contribution in [2.45, 2.75) is 33.1 Å². The number of hydrogen-bond acceptors (Lipinski definition) is 1. The molecule has 0 amide bonds. The van der Waals surface area contributed by atoms with E-state index in [2.05, 4.69) is 37.3 Å². The fourth-order valence-electron chi connectivity index (χ4n) is 0.933. The molecule has 0 saturated carbocycles. The van der Waals surface area contributed by atoms with Crippen molar-refractivity contribution in [1.82, 2.24) is 0 Å². The highest BCUT2D eigenvalue weighted by atomic mass is 16.1. The SMILES string of the molecule is CCC=O.CCCc1ccccc1. The molecule has 1 rings (SSSR count). The Bertz CT molecular complexity index is 204. The summed E-state index contributed by atoms with van der Waals surface area (Å²) in [6.07, 6.45) is 3.96. The van der Waals surface area contributed by atoms with Crippen LogP contribution in [0.5, 0.6) is 0 Å². The highest BCUT2D eigenvalue weighted by Gasteiger charge is 1.84. The van der Waals surface area contributed by atoms with Gasteiger partial charge >= 0.3 is 0 Å². The fraction of sp³-hybridized carbons (Fsp3) is 0.417. The highest BCUT2D eigenvalue weighted by Crippen LogP contribution is 2.00. The predicted molar refractivity (Wildman–Crippen MR) is 56.8 cm³/mol. The molecule has 0 radical (unpaired) electrons. The van der Waals surface area contributed by atoms with Gasteiger partial charge in [-0.2, -0.15) is 0 Å². The molecule has 0 fully saturated rings. The maximum absolute atomic E-state index is 9.17. The molecule has 1 aromatic rings. The summed E-state index contributed by atoms with van der Waals surface area (Å²) >= 11 is 0. The third-order valence-electron chi connectivity index (χ3n) is 1.55. The molecule has 0 bridgehead atoms. The standard InChI is InChI=1S/C9H12.C3H6O/c1-2-6-9-7-4-3-5-8-9;1-2-3-4/h3-5,7-8H,2,6H2,1H3;3H,2H2,1H3. The van der Waals surface area contributed by atoms with Gasteiger partial charge in [-0.05, 0) is 12.0 Å². The second-order valence-electron chi connectivity index (χ2n) is 2.81. The molecule has 1 heteroatoms. The molecule has 0 unspecified atom stereocenters. The van der Waals surface area contributed by atoms with Crippen molar-refractivity contribution in [1.29, 1.82) is 0 Å². The summed E-state index contributed by atoms with van der Waals surface area (Å²) in [7, 11) is 0. The number of carbonyl (C=O) groups is 1. The number of hydrogen-bond donors (Lipinski definition) is 0. The molecule has 1 aromatic carbocycles. The van der Waals surface area contributed by atoms with Crippen LogP contribution in [0, 0.1) is 0 Å². The van der Waals surface area contributed by atoms with Gasteiger partial charge in [0, 0.05) is 6.42 Å². The van der Waals surface area contributed by atoms with Gasteiger partial charge in [0.05, 0.1) is 0 Å². The van der Waals surface area contributed by atoms with Gasteiger partial charge in [-0.25, -0.2) is 0 Å². The Morgan fingerprint density at radius 1 is 1.15 bits per heavy atom. The molecule has 0 aliphatic carbocycles. The van der Waals surface area contributed by atoms with Crippen LogP contribution in [0.25, 0.3) is 0 Å². The summed E-state index contributed by atoms with van der Waals surface area (Å²) in [4.78, 5) is 9.17. The average molecular weight is 178 g/mol. The smallest absolute Gasteiger partial charge is 0.119 e. The van der Waals surface area contributed by atoms with Crippen molar-refractivity contribution in [2.75, 3.05) is 0 Å². The van der Waals surface area contributed by atoms with E-state index in [0.717, 1.165) is 6.29 Å². The van der Waals surface area contributed by atoms with Crippen LogP contribution >= 0.6 is 0 Å². The van der Waals surface area contributed by atoms with Gasteiger partial charge in [0.2, 0.25) is 0 Å². The lowest BCUT2D eigenvalue weighted by Gasteiger charge is -1.93. The Morgan fingerprint density at radius 3 is 2.08 bits per heavy atom. The van der Waals surface area contributed by atoms with E-state index >= 15 is 0 Å². The summed E-state index contributed by atoms with van der Waals surface area (Å²) in [5.74, 6) is 0. The van der Waals surface area contributed by atoms with Gasteiger partial charge in [-0.15, -0.1) is 0 Å². The first kappa shape index (κ1) is 11.9. The van der Waals surface area contributed by atoms with E-state index in [1.165, 1.54) is 18.4 Å². The van der Waals surface area contributed by atoms with Crippen LogP contribution in [0.2, 0.25) is 0 Å². The number of carbonyl (C=O) groups excluding carboxylic acids is 1. The minimum atomic E-state index is 0.639. The lowest BCUT2D eigenvalue weighted by Crippen LogP contribution is -1.78. The molecule has 0 N–H and O–H groups in total. The molecule has 13 heavy (non-hydrogen) atoms. The van der Waals surface area contributed by atoms with Crippen molar-refractivity contribution >= 4 is 6.29 Å². The van der Waals surface area contributed by atoms with Gasteiger partial charge in [-0.3, -0.25) is 0 Å². The molecule has 0 saturated heterocycles. The van der Waals surface area contributed by atoms with Crippen molar-refractivity contribution in [3.05, 3.63) is 35.9 Å². The quantitative estimate of drug-likeness (QED) is 0.649. The molecule has 1 nitrogen and oxygen atoms in total. The number of rotatable bonds is 3. The Morgan fingerprint density at radius 2 is 1.69 bits per heavy atom. The Kier molecular flexibility index (Phi) is 8.21. The van der Waals surface area contributed by atoms with E-state index in [1.54, 1.807) is 0 Å². The van der Waals surface area contributed by atoms with E-state index in [0.29, 0.717) is 6.42 Å². The van der Waals surface area contributed by atoms with E-state index in [9.17, 15) is 4.79 Å². The molecule has 0 aliphatic heterocycles. The summed E-state index contributed by atoms with van der Waals surface area (Å²) in [6.45, 7) is 4.01. The third-order valence-corrected chi connectivity index (χ3v) is 1.55. The number of aldehydes is 1. The average Bonchev–Trinajstić information content (AvgIpc) is 2.20. The van der Waals surface area contributed by atoms with Crippen molar-refractivity contribution in [3.8, 4) is 0 Å². The first-order valence-corrected chi connectivity index (χ1v) is 4.82. The Labute approximate surface area is 80.8 Å². The van der Waals surface area contributed by atoms with E-state index in [1.807, 2.05) is 6.92 Å². The van der Waals surface area contributed by atoms with E-state index < -0.39 is 0 Å². The van der Waals surface area contributed by atoms with Crippen LogP contribution in [-0.4, -0.2) is 6.29 Å². The van der Waals surface area contributed by atoms with Gasteiger partial charge < -0.3 is 4.79 Å². The van der Waals surface area contributed by atoms with Gasteiger partial charge in [0.1, 0.15) is 6.29 Å². The molecule has 0 heterocycles. The maximum atomic E-state index is 9.17. The lowest BCUT2D eigenvalue weighted by atomic mass is 10.1. The molecule has 72 valence electrons. The normalized spacial score (nSPS) is 8.46. The zero-order valence-corrected chi connectivity index (χ0v) is 8.49. The van der Waals surface area contributed by atoms with Crippen LogP contribution in [0.4, 0.5) is 0 Å². The molecule has 0 atom stereocenters. The number of aryl methyl sites for hydroxylation is 1. The van der Waals surface area contributed by atoms with Crippen LogP contribution < -0.4 is 0 Å². The first-order chi connectivity index (χ1) is 6.35. The molecule has 0 aliphatic rings. The summed E-state index contributed by atoms with van der Waals surface area (Å²) < 4.78 is 0. The Hall–Kier alpha value is -1.11. The predicted octanol–water partition coefficient (Wildman–Crippen LogP) is 3.23. The van der Waals surface area contributed by atoms with Gasteiger partial charge in [-0.1, -0.05) is 50.6 Å². The van der Waals surface area contributed by atoms with Crippen molar-refractivity contribution in [3.63, 3.8) is 0 Å². The maximum Gasteiger partial charge on any atom is 0.119 e. The fourth-order valence-corrected chi connectivity index (χ4v) is 0.933. The van der Waals surface area contributed by atoms with Crippen LogP contribution in [0.1, 0.15) is 32.3 Å². The summed E-state index contributed by atoms with van der Waals surface area (Å²) in [6, 6.07) is 10.6. The Balaban J connectivity index is 0.000000310. The zero-order valence-electron chi connectivity index (χ0n) is 8.49.